The summed E-state index contributed by atoms with van der Waals surface area (Å²) >= 11 is 0. The standard InChI is InChI=1S/C18H21N3O3.C2HF3O2/c1-24-13-18(23)20-9-6-15-4-5-17(22)21(16(15)7-10-20)12-14-3-2-8-19-11-14;3-2(4,5)1(6)7/h2-5,8,11H,6-7,9-10,12-13H2,1H3;(H,6,7). The summed E-state index contributed by atoms with van der Waals surface area (Å²) in [5.74, 6) is -2.76. The summed E-state index contributed by atoms with van der Waals surface area (Å²) < 4.78 is 38.5. The van der Waals surface area contributed by atoms with Crippen LogP contribution in [0.25, 0.3) is 0 Å². The Bertz CT molecular complexity index is 961. The van der Waals surface area contributed by atoms with Crippen LogP contribution in [0, 0.1) is 0 Å². The maximum absolute atomic E-state index is 12.4. The van der Waals surface area contributed by atoms with E-state index >= 15 is 0 Å². The maximum Gasteiger partial charge on any atom is 0.490 e. The molecule has 11 heteroatoms. The summed E-state index contributed by atoms with van der Waals surface area (Å²) in [5, 5.41) is 7.12. The number of carbonyl (C=O) groups is 2. The summed E-state index contributed by atoms with van der Waals surface area (Å²) in [5.41, 5.74) is 3.11. The molecule has 3 rings (SSSR count). The van der Waals surface area contributed by atoms with Crippen molar-refractivity contribution in [2.24, 2.45) is 0 Å². The summed E-state index contributed by atoms with van der Waals surface area (Å²) in [6.07, 6.45) is -0.173. The minimum absolute atomic E-state index is 0.00791. The second kappa shape index (κ2) is 10.7. The third-order valence-electron chi connectivity index (χ3n) is 4.59. The Hall–Kier alpha value is -3.21. The lowest BCUT2D eigenvalue weighted by Gasteiger charge is -2.19. The lowest BCUT2D eigenvalue weighted by atomic mass is 10.1. The Morgan fingerprint density at radius 3 is 2.45 bits per heavy atom. The van der Waals surface area contributed by atoms with Crippen LogP contribution in [0.4, 0.5) is 13.2 Å². The van der Waals surface area contributed by atoms with Crippen molar-refractivity contribution < 1.29 is 32.6 Å². The van der Waals surface area contributed by atoms with E-state index in [1.54, 1.807) is 23.0 Å². The Morgan fingerprint density at radius 1 is 1.19 bits per heavy atom. The van der Waals surface area contributed by atoms with E-state index in [4.69, 9.17) is 14.6 Å². The van der Waals surface area contributed by atoms with Gasteiger partial charge in [-0.05, 0) is 23.6 Å². The fourth-order valence-corrected chi connectivity index (χ4v) is 3.11. The number of carbonyl (C=O) groups excluding carboxylic acids is 1. The van der Waals surface area contributed by atoms with E-state index in [1.165, 1.54) is 7.11 Å². The molecule has 1 aliphatic heterocycles. The number of hydrogen-bond donors (Lipinski definition) is 1. The van der Waals surface area contributed by atoms with Crippen molar-refractivity contribution in [1.82, 2.24) is 14.5 Å². The first-order valence-electron chi connectivity index (χ1n) is 9.30. The number of methoxy groups -OCH3 is 1. The lowest BCUT2D eigenvalue weighted by molar-refractivity contribution is -0.192. The number of hydrogen-bond acceptors (Lipinski definition) is 5. The van der Waals surface area contributed by atoms with E-state index in [1.807, 2.05) is 23.1 Å². The highest BCUT2D eigenvalue weighted by Gasteiger charge is 2.38. The zero-order chi connectivity index (χ0) is 23.0. The van der Waals surface area contributed by atoms with Crippen molar-refractivity contribution in [3.63, 3.8) is 0 Å². The van der Waals surface area contributed by atoms with Crippen LogP contribution in [-0.2, 0) is 33.7 Å². The van der Waals surface area contributed by atoms with Gasteiger partial charge in [0.25, 0.3) is 5.56 Å². The molecule has 0 aliphatic carbocycles. The number of carboxylic acids is 1. The topological polar surface area (TPSA) is 102 Å². The molecule has 0 unspecified atom stereocenters. The molecular formula is C20H22F3N3O5. The number of nitrogens with zero attached hydrogens (tertiary/aromatic N) is 3. The Kier molecular flexibility index (Phi) is 8.31. The number of aromatic nitrogens is 2. The summed E-state index contributed by atoms with van der Waals surface area (Å²) in [4.78, 5) is 39.3. The molecule has 1 aliphatic rings. The molecule has 8 nitrogen and oxygen atoms in total. The third-order valence-corrected chi connectivity index (χ3v) is 4.59. The van der Waals surface area contributed by atoms with Crippen molar-refractivity contribution in [2.75, 3.05) is 26.8 Å². The number of halogens is 3. The first kappa shape index (κ1) is 24.1. The summed E-state index contributed by atoms with van der Waals surface area (Å²) in [6, 6.07) is 7.33. The Labute approximate surface area is 175 Å². The predicted octanol–water partition coefficient (Wildman–Crippen LogP) is 1.50. The largest absolute Gasteiger partial charge is 0.490 e. The molecule has 3 heterocycles. The molecule has 0 atom stereocenters. The molecule has 31 heavy (non-hydrogen) atoms. The Balaban J connectivity index is 0.000000423. The fraction of sp³-hybridized carbons (Fsp3) is 0.400. The van der Waals surface area contributed by atoms with Gasteiger partial charge in [-0.25, -0.2) is 4.79 Å². The number of alkyl halides is 3. The number of ether oxygens (including phenoxy) is 1. The quantitative estimate of drug-likeness (QED) is 0.772. The highest BCUT2D eigenvalue weighted by Crippen LogP contribution is 2.16. The van der Waals surface area contributed by atoms with E-state index < -0.39 is 12.1 Å². The zero-order valence-corrected chi connectivity index (χ0v) is 16.8. The third kappa shape index (κ3) is 6.92. The highest BCUT2D eigenvalue weighted by atomic mass is 19.4. The fourth-order valence-electron chi connectivity index (χ4n) is 3.11. The van der Waals surface area contributed by atoms with E-state index in [0.717, 1.165) is 23.2 Å². The van der Waals surface area contributed by atoms with Gasteiger partial charge in [0.15, 0.2) is 0 Å². The molecule has 0 bridgehead atoms. The van der Waals surface area contributed by atoms with Crippen molar-refractivity contribution in [3.8, 4) is 0 Å². The van der Waals surface area contributed by atoms with Crippen molar-refractivity contribution in [1.29, 1.82) is 0 Å². The van der Waals surface area contributed by atoms with Crippen molar-refractivity contribution in [3.05, 3.63) is 63.8 Å². The van der Waals surface area contributed by atoms with Crippen LogP contribution in [-0.4, -0.2) is 64.4 Å². The molecule has 0 aromatic carbocycles. The van der Waals surface area contributed by atoms with E-state index in [0.29, 0.717) is 26.1 Å². The normalized spacial score (nSPS) is 13.5. The van der Waals surface area contributed by atoms with Gasteiger partial charge in [-0.1, -0.05) is 12.1 Å². The van der Waals surface area contributed by atoms with Crippen LogP contribution in [0.15, 0.2) is 41.5 Å². The van der Waals surface area contributed by atoms with Gasteiger partial charge in [-0.15, -0.1) is 0 Å². The number of carboxylic acid groups (broad SMARTS) is 1. The van der Waals surface area contributed by atoms with Gasteiger partial charge in [-0.3, -0.25) is 14.6 Å². The second-order valence-corrected chi connectivity index (χ2v) is 6.71. The van der Waals surface area contributed by atoms with Crippen LogP contribution in [0.5, 0.6) is 0 Å². The van der Waals surface area contributed by atoms with Gasteiger partial charge < -0.3 is 19.3 Å². The number of rotatable bonds is 4. The molecule has 0 radical (unpaired) electrons. The number of aliphatic carboxylic acids is 1. The maximum atomic E-state index is 12.4. The first-order valence-corrected chi connectivity index (χ1v) is 9.30. The van der Waals surface area contributed by atoms with Crippen molar-refractivity contribution >= 4 is 11.9 Å². The van der Waals surface area contributed by atoms with Gasteiger partial charge in [-0.2, -0.15) is 13.2 Å². The molecule has 0 fully saturated rings. The average Bonchev–Trinajstić information content (AvgIpc) is 2.94. The van der Waals surface area contributed by atoms with Crippen LogP contribution in [0.2, 0.25) is 0 Å². The molecule has 0 spiro atoms. The van der Waals surface area contributed by atoms with E-state index in [9.17, 15) is 22.8 Å². The number of amides is 1. The zero-order valence-electron chi connectivity index (χ0n) is 16.8. The van der Waals surface area contributed by atoms with Gasteiger partial charge in [0.1, 0.15) is 6.61 Å². The van der Waals surface area contributed by atoms with E-state index in [-0.39, 0.29) is 18.1 Å². The lowest BCUT2D eigenvalue weighted by Crippen LogP contribution is -2.35. The van der Waals surface area contributed by atoms with Gasteiger partial charge in [0, 0.05) is 50.8 Å². The summed E-state index contributed by atoms with van der Waals surface area (Å²) in [7, 11) is 1.52. The smallest absolute Gasteiger partial charge is 0.475 e. The molecule has 2 aromatic heterocycles. The first-order chi connectivity index (χ1) is 14.6. The molecule has 1 amide bonds. The molecule has 0 saturated carbocycles. The number of fused-ring (bicyclic) bond motifs is 1. The van der Waals surface area contributed by atoms with Gasteiger partial charge in [0.05, 0.1) is 6.54 Å². The SMILES string of the molecule is COCC(=O)N1CCc2ccc(=O)n(Cc3cccnc3)c2CC1.O=C(O)C(F)(F)F. The van der Waals surface area contributed by atoms with Crippen LogP contribution in [0.1, 0.15) is 16.8 Å². The summed E-state index contributed by atoms with van der Waals surface area (Å²) in [6.45, 7) is 1.85. The minimum atomic E-state index is -5.08. The second-order valence-electron chi connectivity index (χ2n) is 6.71. The van der Waals surface area contributed by atoms with Gasteiger partial charge in [0.2, 0.25) is 5.91 Å². The van der Waals surface area contributed by atoms with Crippen LogP contribution in [0.3, 0.4) is 0 Å². The van der Waals surface area contributed by atoms with Gasteiger partial charge >= 0.3 is 12.1 Å². The van der Waals surface area contributed by atoms with Crippen LogP contribution >= 0.6 is 0 Å². The monoisotopic (exact) mass is 441 g/mol. The highest BCUT2D eigenvalue weighted by molar-refractivity contribution is 5.77. The van der Waals surface area contributed by atoms with E-state index in [2.05, 4.69) is 4.98 Å². The number of pyridine rings is 2. The molecule has 2 aromatic rings. The molecule has 0 saturated heterocycles. The Morgan fingerprint density at radius 2 is 1.87 bits per heavy atom. The minimum Gasteiger partial charge on any atom is -0.475 e. The molecule has 168 valence electrons. The van der Waals surface area contributed by atoms with Crippen LogP contribution < -0.4 is 5.56 Å². The predicted molar refractivity (Wildman–Crippen MR) is 104 cm³/mol. The molecule has 1 N–H and O–H groups in total. The molecular weight excluding hydrogens is 419 g/mol. The average molecular weight is 441 g/mol. The van der Waals surface area contributed by atoms with Crippen molar-refractivity contribution in [2.45, 2.75) is 25.6 Å².